The molecule has 0 bridgehead atoms. The monoisotopic (exact) mass is 261 g/mol. The first-order valence-corrected chi connectivity index (χ1v) is 6.01. The molecule has 0 amide bonds. The van der Waals surface area contributed by atoms with Crippen molar-refractivity contribution < 1.29 is 4.39 Å². The van der Waals surface area contributed by atoms with Gasteiger partial charge in [0.25, 0.3) is 0 Å². The molecule has 0 saturated carbocycles. The van der Waals surface area contributed by atoms with E-state index in [0.29, 0.717) is 5.82 Å². The van der Waals surface area contributed by atoms with Gasteiger partial charge in [-0.05, 0) is 31.3 Å². The summed E-state index contributed by atoms with van der Waals surface area (Å²) in [6.45, 7) is 1.63. The summed E-state index contributed by atoms with van der Waals surface area (Å²) < 4.78 is 12.8. The number of likely N-dealkylation sites (N-methyl/N-ethyl adjacent to an activating group) is 1. The van der Waals surface area contributed by atoms with Gasteiger partial charge in [0, 0.05) is 24.8 Å². The van der Waals surface area contributed by atoms with Crippen molar-refractivity contribution in [2.45, 2.75) is 0 Å². The zero-order valence-corrected chi connectivity index (χ0v) is 10.7. The third kappa shape index (κ3) is 4.18. The summed E-state index contributed by atoms with van der Waals surface area (Å²) in [5, 5.41) is 9.30. The van der Waals surface area contributed by atoms with Gasteiger partial charge in [0.2, 0.25) is 0 Å². The maximum atomic E-state index is 12.8. The Morgan fingerprint density at radius 1 is 1.05 bits per heavy atom. The Morgan fingerprint density at radius 3 is 2.53 bits per heavy atom. The number of rotatable bonds is 6. The number of nitrogens with zero attached hydrogens (tertiary/aromatic N) is 2. The van der Waals surface area contributed by atoms with Gasteiger partial charge in [0.1, 0.15) is 23.8 Å². The molecule has 0 unspecified atom stereocenters. The zero-order valence-electron chi connectivity index (χ0n) is 10.7. The van der Waals surface area contributed by atoms with Gasteiger partial charge in [-0.3, -0.25) is 0 Å². The van der Waals surface area contributed by atoms with Crippen molar-refractivity contribution in [1.29, 1.82) is 0 Å². The van der Waals surface area contributed by atoms with E-state index < -0.39 is 0 Å². The molecule has 3 N–H and O–H groups in total. The maximum absolute atomic E-state index is 12.8. The minimum Gasteiger partial charge on any atom is -0.369 e. The standard InChI is InChI=1S/C13H16FN5/c1-15-6-7-16-12-8-13(18-9-17-12)19-11-4-2-10(14)3-5-11/h2-5,8-9,15H,6-7H2,1H3,(H2,16,17,18,19). The number of nitrogens with one attached hydrogen (secondary N) is 3. The molecule has 19 heavy (non-hydrogen) atoms. The van der Waals surface area contributed by atoms with Crippen LogP contribution in [0.1, 0.15) is 0 Å². The van der Waals surface area contributed by atoms with Crippen LogP contribution in [0, 0.1) is 5.82 Å². The molecule has 0 aliphatic heterocycles. The van der Waals surface area contributed by atoms with Crippen LogP contribution in [0.15, 0.2) is 36.7 Å². The highest BCUT2D eigenvalue weighted by Gasteiger charge is 1.99. The summed E-state index contributed by atoms with van der Waals surface area (Å²) in [6.07, 6.45) is 1.48. The molecular weight excluding hydrogens is 245 g/mol. The maximum Gasteiger partial charge on any atom is 0.135 e. The van der Waals surface area contributed by atoms with Crippen LogP contribution in [0.2, 0.25) is 0 Å². The predicted molar refractivity (Wildman–Crippen MR) is 74.1 cm³/mol. The minimum atomic E-state index is -0.261. The van der Waals surface area contributed by atoms with E-state index in [9.17, 15) is 4.39 Å². The highest BCUT2D eigenvalue weighted by molar-refractivity contribution is 5.58. The largest absolute Gasteiger partial charge is 0.369 e. The Balaban J connectivity index is 2.00. The number of hydrogen-bond acceptors (Lipinski definition) is 5. The van der Waals surface area contributed by atoms with E-state index in [4.69, 9.17) is 0 Å². The van der Waals surface area contributed by atoms with Crippen molar-refractivity contribution >= 4 is 17.3 Å². The smallest absolute Gasteiger partial charge is 0.135 e. The van der Waals surface area contributed by atoms with Gasteiger partial charge in [-0.25, -0.2) is 14.4 Å². The van der Waals surface area contributed by atoms with Crippen LogP contribution in [-0.4, -0.2) is 30.1 Å². The van der Waals surface area contributed by atoms with Gasteiger partial charge in [0.15, 0.2) is 0 Å². The van der Waals surface area contributed by atoms with Crippen LogP contribution in [0.5, 0.6) is 0 Å². The van der Waals surface area contributed by atoms with Crippen LogP contribution in [0.4, 0.5) is 21.7 Å². The summed E-state index contributed by atoms with van der Waals surface area (Å²) >= 11 is 0. The summed E-state index contributed by atoms with van der Waals surface area (Å²) in [5.74, 6) is 1.14. The minimum absolute atomic E-state index is 0.261. The first-order valence-electron chi connectivity index (χ1n) is 6.01. The van der Waals surface area contributed by atoms with Crippen molar-refractivity contribution in [1.82, 2.24) is 15.3 Å². The predicted octanol–water partition coefficient (Wildman–Crippen LogP) is 1.99. The molecule has 0 saturated heterocycles. The Morgan fingerprint density at radius 2 is 1.79 bits per heavy atom. The van der Waals surface area contributed by atoms with Gasteiger partial charge in [-0.1, -0.05) is 0 Å². The van der Waals surface area contributed by atoms with E-state index in [2.05, 4.69) is 25.9 Å². The van der Waals surface area contributed by atoms with E-state index in [1.807, 2.05) is 7.05 Å². The molecule has 1 aromatic heterocycles. The molecule has 0 fully saturated rings. The summed E-state index contributed by atoms with van der Waals surface area (Å²) in [5.41, 5.74) is 0.779. The van der Waals surface area contributed by atoms with Crippen LogP contribution >= 0.6 is 0 Å². The fourth-order valence-electron chi connectivity index (χ4n) is 1.52. The van der Waals surface area contributed by atoms with Crippen LogP contribution < -0.4 is 16.0 Å². The normalized spacial score (nSPS) is 10.2. The lowest BCUT2D eigenvalue weighted by atomic mass is 10.3. The van der Waals surface area contributed by atoms with E-state index in [1.165, 1.54) is 18.5 Å². The Labute approximate surface area is 111 Å². The van der Waals surface area contributed by atoms with Gasteiger partial charge in [0.05, 0.1) is 0 Å². The summed E-state index contributed by atoms with van der Waals surface area (Å²) in [7, 11) is 1.89. The molecule has 0 radical (unpaired) electrons. The Hall–Kier alpha value is -2.21. The number of benzene rings is 1. The summed E-state index contributed by atoms with van der Waals surface area (Å²) in [6, 6.07) is 7.92. The fraction of sp³-hybridized carbons (Fsp3) is 0.231. The molecule has 2 rings (SSSR count). The molecule has 5 nitrogen and oxygen atoms in total. The summed E-state index contributed by atoms with van der Waals surface area (Å²) in [4.78, 5) is 8.23. The van der Waals surface area contributed by atoms with Crippen molar-refractivity contribution in [3.8, 4) is 0 Å². The third-order valence-corrected chi connectivity index (χ3v) is 2.46. The van der Waals surface area contributed by atoms with E-state index in [0.717, 1.165) is 24.6 Å². The van der Waals surface area contributed by atoms with Crippen molar-refractivity contribution in [3.63, 3.8) is 0 Å². The molecule has 0 atom stereocenters. The van der Waals surface area contributed by atoms with Crippen molar-refractivity contribution in [3.05, 3.63) is 42.5 Å². The molecule has 0 aliphatic rings. The average molecular weight is 261 g/mol. The Kier molecular flexibility index (Phi) is 4.63. The molecule has 0 spiro atoms. The van der Waals surface area contributed by atoms with Crippen molar-refractivity contribution in [2.75, 3.05) is 30.8 Å². The Bertz CT molecular complexity index is 515. The second kappa shape index (κ2) is 6.65. The van der Waals surface area contributed by atoms with E-state index in [-0.39, 0.29) is 5.82 Å². The second-order valence-electron chi connectivity index (χ2n) is 3.95. The lowest BCUT2D eigenvalue weighted by Gasteiger charge is -2.08. The number of halogens is 1. The SMILES string of the molecule is CNCCNc1cc(Nc2ccc(F)cc2)ncn1. The lowest BCUT2D eigenvalue weighted by Crippen LogP contribution is -2.18. The number of anilines is 3. The molecule has 6 heteroatoms. The van der Waals surface area contributed by atoms with Crippen LogP contribution in [0.25, 0.3) is 0 Å². The molecule has 100 valence electrons. The van der Waals surface area contributed by atoms with Crippen LogP contribution in [0.3, 0.4) is 0 Å². The van der Waals surface area contributed by atoms with Gasteiger partial charge in [-0.15, -0.1) is 0 Å². The first kappa shape index (κ1) is 13.2. The van der Waals surface area contributed by atoms with Gasteiger partial charge >= 0.3 is 0 Å². The highest BCUT2D eigenvalue weighted by atomic mass is 19.1. The van der Waals surface area contributed by atoms with Crippen molar-refractivity contribution in [2.24, 2.45) is 0 Å². The highest BCUT2D eigenvalue weighted by Crippen LogP contribution is 2.16. The fourth-order valence-corrected chi connectivity index (χ4v) is 1.52. The van der Waals surface area contributed by atoms with E-state index >= 15 is 0 Å². The lowest BCUT2D eigenvalue weighted by molar-refractivity contribution is 0.628. The molecule has 0 aliphatic carbocycles. The quantitative estimate of drug-likeness (QED) is 0.694. The third-order valence-electron chi connectivity index (χ3n) is 2.46. The molecular formula is C13H16FN5. The number of hydrogen-bond donors (Lipinski definition) is 3. The zero-order chi connectivity index (χ0) is 13.5. The first-order chi connectivity index (χ1) is 9.28. The van der Waals surface area contributed by atoms with Gasteiger partial charge in [-0.2, -0.15) is 0 Å². The number of aromatic nitrogens is 2. The topological polar surface area (TPSA) is 61.9 Å². The molecule has 1 aromatic carbocycles. The van der Waals surface area contributed by atoms with Gasteiger partial charge < -0.3 is 16.0 Å². The molecule has 2 aromatic rings. The average Bonchev–Trinajstić information content (AvgIpc) is 2.42. The van der Waals surface area contributed by atoms with Crippen LogP contribution in [-0.2, 0) is 0 Å². The molecule has 1 heterocycles. The second-order valence-corrected chi connectivity index (χ2v) is 3.95. The van der Waals surface area contributed by atoms with E-state index in [1.54, 1.807) is 18.2 Å².